The quantitative estimate of drug-likeness (QED) is 0.911. The Kier molecular flexibility index (Phi) is 3.23. The Labute approximate surface area is 130 Å². The second kappa shape index (κ2) is 4.99. The van der Waals surface area contributed by atoms with E-state index in [-0.39, 0.29) is 5.41 Å². The van der Waals surface area contributed by atoms with Gasteiger partial charge in [-0.25, -0.2) is 0 Å². The van der Waals surface area contributed by atoms with Crippen LogP contribution in [0.3, 0.4) is 0 Å². The third-order valence-corrected chi connectivity index (χ3v) is 5.62. The van der Waals surface area contributed by atoms with Crippen molar-refractivity contribution in [2.45, 2.75) is 49.6 Å². The van der Waals surface area contributed by atoms with Gasteiger partial charge in [0.25, 0.3) is 0 Å². The van der Waals surface area contributed by atoms with Crippen molar-refractivity contribution in [3.05, 3.63) is 34.9 Å². The van der Waals surface area contributed by atoms with E-state index in [1.807, 2.05) is 24.3 Å². The Bertz CT molecular complexity index is 552. The zero-order chi connectivity index (χ0) is 14.4. The first-order chi connectivity index (χ1) is 10.2. The van der Waals surface area contributed by atoms with Gasteiger partial charge in [0.2, 0.25) is 5.91 Å². The molecule has 112 valence electrons. The van der Waals surface area contributed by atoms with Crippen LogP contribution in [-0.2, 0) is 10.2 Å². The molecule has 2 heterocycles. The third-order valence-electron chi connectivity index (χ3n) is 5.37. The molecular formula is C17H21ClN2O. The Balaban J connectivity index is 1.55. The van der Waals surface area contributed by atoms with E-state index in [9.17, 15) is 4.79 Å². The van der Waals surface area contributed by atoms with Gasteiger partial charge in [0, 0.05) is 30.2 Å². The highest BCUT2D eigenvalue weighted by Gasteiger charge is 2.53. The lowest BCUT2D eigenvalue weighted by atomic mass is 9.93. The summed E-state index contributed by atoms with van der Waals surface area (Å²) in [4.78, 5) is 15.2. The molecule has 3 nitrogen and oxygen atoms in total. The zero-order valence-electron chi connectivity index (χ0n) is 12.1. The molecule has 2 atom stereocenters. The average molecular weight is 305 g/mol. The van der Waals surface area contributed by atoms with Crippen molar-refractivity contribution in [3.63, 3.8) is 0 Å². The maximum absolute atomic E-state index is 13.1. The molecule has 0 radical (unpaired) electrons. The number of carbonyl (C=O) groups excluding carboxylic acids is 1. The summed E-state index contributed by atoms with van der Waals surface area (Å²) in [6, 6.07) is 8.97. The topological polar surface area (TPSA) is 32.3 Å². The molecule has 3 aliphatic rings. The number of fused-ring (bicyclic) bond motifs is 2. The first kappa shape index (κ1) is 13.6. The first-order valence-corrected chi connectivity index (χ1v) is 8.37. The van der Waals surface area contributed by atoms with Crippen LogP contribution in [-0.4, -0.2) is 36.0 Å². The molecule has 0 spiro atoms. The van der Waals surface area contributed by atoms with Gasteiger partial charge in [0.05, 0.1) is 5.41 Å². The number of nitrogens with one attached hydrogen (secondary N) is 1. The molecule has 2 saturated heterocycles. The molecule has 1 aromatic carbocycles. The molecule has 1 N–H and O–H groups in total. The van der Waals surface area contributed by atoms with Gasteiger partial charge < -0.3 is 10.2 Å². The summed E-state index contributed by atoms with van der Waals surface area (Å²) >= 11 is 5.97. The number of carbonyl (C=O) groups is 1. The molecule has 2 bridgehead atoms. The number of likely N-dealkylation sites (tertiary alicyclic amines) is 1. The molecule has 1 saturated carbocycles. The van der Waals surface area contributed by atoms with Gasteiger partial charge in [-0.3, -0.25) is 4.79 Å². The highest BCUT2D eigenvalue weighted by Crippen LogP contribution is 2.50. The number of benzene rings is 1. The van der Waals surface area contributed by atoms with Gasteiger partial charge in [-0.1, -0.05) is 23.7 Å². The fourth-order valence-electron chi connectivity index (χ4n) is 3.95. The highest BCUT2D eigenvalue weighted by molar-refractivity contribution is 6.30. The van der Waals surface area contributed by atoms with Crippen LogP contribution in [0.5, 0.6) is 0 Å². The Hall–Kier alpha value is -1.06. The van der Waals surface area contributed by atoms with Gasteiger partial charge in [0.15, 0.2) is 0 Å². The van der Waals surface area contributed by atoms with Gasteiger partial charge in [-0.05, 0) is 49.8 Å². The van der Waals surface area contributed by atoms with Crippen LogP contribution in [0.25, 0.3) is 0 Å². The molecule has 1 amide bonds. The predicted octanol–water partition coefficient (Wildman–Crippen LogP) is 2.72. The van der Waals surface area contributed by atoms with E-state index in [0.717, 1.165) is 42.9 Å². The van der Waals surface area contributed by atoms with Crippen molar-refractivity contribution in [2.24, 2.45) is 0 Å². The lowest BCUT2D eigenvalue weighted by Crippen LogP contribution is -2.44. The molecular weight excluding hydrogens is 284 g/mol. The maximum Gasteiger partial charge on any atom is 0.233 e. The van der Waals surface area contributed by atoms with Crippen molar-refractivity contribution in [1.29, 1.82) is 0 Å². The SMILES string of the molecule is O=C(N1CCC2CCC(C1)N2)C1(c2ccc(Cl)cc2)CC1. The van der Waals surface area contributed by atoms with E-state index in [0.29, 0.717) is 18.0 Å². The fourth-order valence-corrected chi connectivity index (χ4v) is 4.08. The van der Waals surface area contributed by atoms with Crippen LogP contribution in [0.15, 0.2) is 24.3 Å². The van der Waals surface area contributed by atoms with E-state index in [2.05, 4.69) is 10.2 Å². The molecule has 0 aromatic heterocycles. The van der Waals surface area contributed by atoms with Gasteiger partial charge in [-0.2, -0.15) is 0 Å². The second-order valence-corrected chi connectivity index (χ2v) is 7.20. The smallest absolute Gasteiger partial charge is 0.233 e. The van der Waals surface area contributed by atoms with E-state index < -0.39 is 0 Å². The second-order valence-electron chi connectivity index (χ2n) is 6.77. The lowest BCUT2D eigenvalue weighted by molar-refractivity contribution is -0.134. The van der Waals surface area contributed by atoms with Crippen molar-refractivity contribution in [2.75, 3.05) is 13.1 Å². The summed E-state index contributed by atoms with van der Waals surface area (Å²) < 4.78 is 0. The molecule has 2 unspecified atom stereocenters. The Morgan fingerprint density at radius 2 is 1.86 bits per heavy atom. The first-order valence-electron chi connectivity index (χ1n) is 7.99. The molecule has 4 heteroatoms. The molecule has 3 fully saturated rings. The van der Waals surface area contributed by atoms with Gasteiger partial charge >= 0.3 is 0 Å². The van der Waals surface area contributed by atoms with Gasteiger partial charge in [-0.15, -0.1) is 0 Å². The number of nitrogens with zero attached hydrogens (tertiary/aromatic N) is 1. The molecule has 21 heavy (non-hydrogen) atoms. The summed E-state index contributed by atoms with van der Waals surface area (Å²) in [6.45, 7) is 1.78. The van der Waals surface area contributed by atoms with E-state index in [1.54, 1.807) is 0 Å². The molecule has 1 aliphatic carbocycles. The van der Waals surface area contributed by atoms with Crippen molar-refractivity contribution < 1.29 is 4.79 Å². The minimum absolute atomic E-state index is 0.256. The van der Waals surface area contributed by atoms with E-state index in [4.69, 9.17) is 11.6 Å². The van der Waals surface area contributed by atoms with Crippen molar-refractivity contribution in [3.8, 4) is 0 Å². The van der Waals surface area contributed by atoms with Crippen LogP contribution in [0.4, 0.5) is 0 Å². The van der Waals surface area contributed by atoms with Crippen LogP contribution in [0.2, 0.25) is 5.02 Å². The van der Waals surface area contributed by atoms with Crippen molar-refractivity contribution in [1.82, 2.24) is 10.2 Å². The van der Waals surface area contributed by atoms with Crippen LogP contribution in [0, 0.1) is 0 Å². The van der Waals surface area contributed by atoms with Crippen molar-refractivity contribution >= 4 is 17.5 Å². The number of hydrogen-bond donors (Lipinski definition) is 1. The van der Waals surface area contributed by atoms with Crippen LogP contribution in [0.1, 0.15) is 37.7 Å². The largest absolute Gasteiger partial charge is 0.340 e. The summed E-state index contributed by atoms with van der Waals surface area (Å²) in [5.74, 6) is 0.333. The zero-order valence-corrected chi connectivity index (χ0v) is 12.9. The Morgan fingerprint density at radius 3 is 2.57 bits per heavy atom. The number of halogens is 1. The number of hydrogen-bond acceptors (Lipinski definition) is 2. The van der Waals surface area contributed by atoms with Crippen LogP contribution < -0.4 is 5.32 Å². The fraction of sp³-hybridized carbons (Fsp3) is 0.588. The lowest BCUT2D eigenvalue weighted by Gasteiger charge is -2.29. The summed E-state index contributed by atoms with van der Waals surface area (Å²) in [7, 11) is 0. The molecule has 2 aliphatic heterocycles. The number of rotatable bonds is 2. The number of amides is 1. The van der Waals surface area contributed by atoms with Gasteiger partial charge in [0.1, 0.15) is 0 Å². The van der Waals surface area contributed by atoms with E-state index in [1.165, 1.54) is 12.8 Å². The maximum atomic E-state index is 13.1. The standard InChI is InChI=1S/C17H21ClN2O/c18-13-3-1-12(2-4-13)17(8-9-17)16(21)20-10-7-14-5-6-15(11-20)19-14/h1-4,14-15,19H,5-11H2. The summed E-state index contributed by atoms with van der Waals surface area (Å²) in [6.07, 6.45) is 5.54. The normalized spacial score (nSPS) is 30.0. The van der Waals surface area contributed by atoms with E-state index >= 15 is 0 Å². The van der Waals surface area contributed by atoms with Crippen LogP contribution >= 0.6 is 11.6 Å². The average Bonchev–Trinajstić information content (AvgIpc) is 3.20. The summed E-state index contributed by atoms with van der Waals surface area (Å²) in [5, 5.41) is 4.38. The third kappa shape index (κ3) is 2.36. The Morgan fingerprint density at radius 1 is 1.14 bits per heavy atom. The molecule has 1 aromatic rings. The summed E-state index contributed by atoms with van der Waals surface area (Å²) in [5.41, 5.74) is 0.882. The molecule has 4 rings (SSSR count). The highest BCUT2D eigenvalue weighted by atomic mass is 35.5. The minimum atomic E-state index is -0.256. The predicted molar refractivity (Wildman–Crippen MR) is 83.5 cm³/mol. The minimum Gasteiger partial charge on any atom is -0.340 e. The monoisotopic (exact) mass is 304 g/mol.